The first-order valence-corrected chi connectivity index (χ1v) is 7.55. The molecule has 24 heavy (non-hydrogen) atoms. The molecular weight excluding hydrogens is 304 g/mol. The van der Waals surface area contributed by atoms with E-state index in [1.54, 1.807) is 30.7 Å². The molecule has 0 unspecified atom stereocenters. The topological polar surface area (TPSA) is 72.2 Å². The average molecular weight is 322 g/mol. The number of nitrogens with zero attached hydrogens (tertiary/aromatic N) is 4. The Bertz CT molecular complexity index is 701. The molecule has 1 saturated heterocycles. The number of piperidine rings is 1. The highest BCUT2D eigenvalue weighted by molar-refractivity contribution is 5.57. The van der Waals surface area contributed by atoms with Crippen molar-refractivity contribution in [2.24, 2.45) is 0 Å². The van der Waals surface area contributed by atoms with Crippen molar-refractivity contribution in [3.8, 4) is 12.3 Å². The molecule has 6 heteroatoms. The quantitative estimate of drug-likeness (QED) is 0.482. The highest BCUT2D eigenvalue weighted by Crippen LogP contribution is 2.28. The third-order valence-electron chi connectivity index (χ3n) is 3.52. The minimum atomic E-state index is -0.394. The monoisotopic (exact) mass is 322 g/mol. The second-order valence-corrected chi connectivity index (χ2v) is 5.08. The van der Waals surface area contributed by atoms with Crippen LogP contribution in [0.5, 0.6) is 0 Å². The summed E-state index contributed by atoms with van der Waals surface area (Å²) in [7, 11) is 0. The van der Waals surface area contributed by atoms with Gasteiger partial charge in [0, 0.05) is 37.7 Å². The molecule has 0 atom stereocenters. The average Bonchev–Trinajstić information content (AvgIpc) is 2.64. The Hall–Kier alpha value is -3.20. The van der Waals surface area contributed by atoms with E-state index in [4.69, 9.17) is 6.42 Å². The van der Waals surface area contributed by atoms with Crippen molar-refractivity contribution >= 4 is 11.5 Å². The first kappa shape index (κ1) is 17.2. The molecule has 0 N–H and O–H groups in total. The maximum Gasteiger partial charge on any atom is 0.311 e. The first-order valence-electron chi connectivity index (χ1n) is 7.55. The number of allylic oxidation sites excluding steroid dienone is 1. The van der Waals surface area contributed by atoms with Gasteiger partial charge in [-0.1, -0.05) is 17.6 Å². The molecule has 0 saturated carbocycles. The fourth-order valence-electron chi connectivity index (χ4n) is 2.36. The van der Waals surface area contributed by atoms with E-state index in [0.29, 0.717) is 18.9 Å². The maximum atomic E-state index is 10.9. The SMILES string of the molecule is C#CC=C1CCN(c2ncccc2[N+](=O)[O-])CC1.c1ccncc1. The smallest absolute Gasteiger partial charge is 0.311 e. The zero-order valence-electron chi connectivity index (χ0n) is 13.2. The lowest BCUT2D eigenvalue weighted by Gasteiger charge is -2.28. The summed E-state index contributed by atoms with van der Waals surface area (Å²) in [4.78, 5) is 20.4. The van der Waals surface area contributed by atoms with Crippen molar-refractivity contribution < 1.29 is 4.92 Å². The predicted molar refractivity (Wildman–Crippen MR) is 93.5 cm³/mol. The van der Waals surface area contributed by atoms with Gasteiger partial charge in [-0.05, 0) is 37.1 Å². The molecule has 0 aliphatic carbocycles. The number of hydrogen-bond acceptors (Lipinski definition) is 5. The molecule has 1 aliphatic heterocycles. The summed E-state index contributed by atoms with van der Waals surface area (Å²) in [6, 6.07) is 8.78. The summed E-state index contributed by atoms with van der Waals surface area (Å²) in [5.74, 6) is 2.96. The molecule has 0 aromatic carbocycles. The van der Waals surface area contributed by atoms with Gasteiger partial charge in [0.15, 0.2) is 0 Å². The van der Waals surface area contributed by atoms with Gasteiger partial charge in [-0.3, -0.25) is 15.1 Å². The van der Waals surface area contributed by atoms with Crippen molar-refractivity contribution in [3.63, 3.8) is 0 Å². The number of nitro groups is 1. The Kier molecular flexibility index (Phi) is 6.47. The summed E-state index contributed by atoms with van der Waals surface area (Å²) in [5, 5.41) is 10.9. The van der Waals surface area contributed by atoms with Gasteiger partial charge in [-0.15, -0.1) is 6.42 Å². The third kappa shape index (κ3) is 4.92. The van der Waals surface area contributed by atoms with Crippen LogP contribution in [0.4, 0.5) is 11.5 Å². The van der Waals surface area contributed by atoms with Crippen LogP contribution in [0.3, 0.4) is 0 Å². The van der Waals surface area contributed by atoms with Crippen molar-refractivity contribution in [3.05, 3.63) is 70.7 Å². The highest BCUT2D eigenvalue weighted by atomic mass is 16.6. The molecule has 2 aromatic heterocycles. The second-order valence-electron chi connectivity index (χ2n) is 5.08. The number of pyridine rings is 2. The number of rotatable bonds is 2. The van der Waals surface area contributed by atoms with E-state index in [2.05, 4.69) is 15.9 Å². The second kappa shape index (κ2) is 9.06. The first-order chi connectivity index (χ1) is 11.7. The van der Waals surface area contributed by atoms with Crippen LogP contribution in [0.15, 0.2) is 60.6 Å². The van der Waals surface area contributed by atoms with Gasteiger partial charge < -0.3 is 4.90 Å². The molecule has 1 aliphatic rings. The van der Waals surface area contributed by atoms with E-state index in [1.165, 1.54) is 11.6 Å². The Morgan fingerprint density at radius 1 is 1.17 bits per heavy atom. The van der Waals surface area contributed by atoms with Crippen LogP contribution in [0, 0.1) is 22.5 Å². The van der Waals surface area contributed by atoms with Crippen molar-refractivity contribution in [1.82, 2.24) is 9.97 Å². The summed E-state index contributed by atoms with van der Waals surface area (Å²) < 4.78 is 0. The molecule has 1 fully saturated rings. The van der Waals surface area contributed by atoms with Gasteiger partial charge in [-0.2, -0.15) is 0 Å². The van der Waals surface area contributed by atoms with Crippen molar-refractivity contribution in [2.45, 2.75) is 12.8 Å². The Morgan fingerprint density at radius 2 is 1.88 bits per heavy atom. The molecular formula is C18H18N4O2. The molecule has 0 spiro atoms. The zero-order valence-corrected chi connectivity index (χ0v) is 13.2. The van der Waals surface area contributed by atoms with Crippen molar-refractivity contribution in [1.29, 1.82) is 0 Å². The molecule has 122 valence electrons. The third-order valence-corrected chi connectivity index (χ3v) is 3.52. The Labute approximate surface area is 141 Å². The van der Waals surface area contributed by atoms with Gasteiger partial charge in [0.05, 0.1) is 4.92 Å². The number of aromatic nitrogens is 2. The van der Waals surface area contributed by atoms with E-state index in [1.807, 2.05) is 23.1 Å². The summed E-state index contributed by atoms with van der Waals surface area (Å²) in [6.45, 7) is 1.43. The minimum absolute atomic E-state index is 0.0573. The summed E-state index contributed by atoms with van der Waals surface area (Å²) in [5.41, 5.74) is 1.27. The highest BCUT2D eigenvalue weighted by Gasteiger charge is 2.23. The lowest BCUT2D eigenvalue weighted by atomic mass is 10.0. The van der Waals surface area contributed by atoms with E-state index in [-0.39, 0.29) is 5.69 Å². The predicted octanol–water partition coefficient (Wildman–Crippen LogP) is 3.23. The van der Waals surface area contributed by atoms with E-state index in [9.17, 15) is 10.1 Å². The molecule has 3 rings (SSSR count). The zero-order chi connectivity index (χ0) is 17.2. The van der Waals surface area contributed by atoms with Gasteiger partial charge in [-0.25, -0.2) is 4.98 Å². The van der Waals surface area contributed by atoms with E-state index < -0.39 is 4.92 Å². The van der Waals surface area contributed by atoms with E-state index >= 15 is 0 Å². The van der Waals surface area contributed by atoms with Crippen LogP contribution in [-0.2, 0) is 0 Å². The van der Waals surface area contributed by atoms with Gasteiger partial charge in [0.2, 0.25) is 5.82 Å². The molecule has 2 aromatic rings. The molecule has 0 amide bonds. The number of anilines is 1. The lowest BCUT2D eigenvalue weighted by molar-refractivity contribution is -0.384. The number of hydrogen-bond donors (Lipinski definition) is 0. The normalized spacial score (nSPS) is 13.3. The van der Waals surface area contributed by atoms with E-state index in [0.717, 1.165) is 12.8 Å². The number of terminal acetylenes is 1. The molecule has 3 heterocycles. The van der Waals surface area contributed by atoms with Crippen LogP contribution in [0.2, 0.25) is 0 Å². The van der Waals surface area contributed by atoms with Gasteiger partial charge in [0.1, 0.15) is 0 Å². The van der Waals surface area contributed by atoms with Crippen molar-refractivity contribution in [2.75, 3.05) is 18.0 Å². The molecule has 0 radical (unpaired) electrons. The molecule has 0 bridgehead atoms. The van der Waals surface area contributed by atoms with Gasteiger partial charge in [0.25, 0.3) is 0 Å². The minimum Gasteiger partial charge on any atom is -0.350 e. The van der Waals surface area contributed by atoms with Gasteiger partial charge >= 0.3 is 5.69 Å². The van der Waals surface area contributed by atoms with Crippen LogP contribution in [-0.4, -0.2) is 28.0 Å². The fraction of sp³-hybridized carbons (Fsp3) is 0.222. The van der Waals surface area contributed by atoms with Crippen LogP contribution in [0.25, 0.3) is 0 Å². The van der Waals surface area contributed by atoms with Crippen LogP contribution in [0.1, 0.15) is 12.8 Å². The summed E-state index contributed by atoms with van der Waals surface area (Å²) >= 11 is 0. The fourth-order valence-corrected chi connectivity index (χ4v) is 2.36. The Morgan fingerprint density at radius 3 is 2.38 bits per heavy atom. The lowest BCUT2D eigenvalue weighted by Crippen LogP contribution is -2.31. The standard InChI is InChI=1S/C13H13N3O2.C5H5N/c1-2-4-11-6-9-15(10-7-11)13-12(16(17)18)5-3-8-14-13;1-2-4-6-5-3-1/h1,3-5,8H,6-7,9-10H2;1-5H. The Balaban J connectivity index is 0.000000292. The van der Waals surface area contributed by atoms with Crippen LogP contribution < -0.4 is 4.90 Å². The molecule has 6 nitrogen and oxygen atoms in total. The summed E-state index contributed by atoms with van der Waals surface area (Å²) in [6.07, 6.45) is 13.8. The largest absolute Gasteiger partial charge is 0.350 e. The van der Waals surface area contributed by atoms with Crippen LogP contribution >= 0.6 is 0 Å². The maximum absolute atomic E-state index is 10.9.